The van der Waals surface area contributed by atoms with Crippen LogP contribution in [0.15, 0.2) is 15.7 Å². The van der Waals surface area contributed by atoms with Crippen LogP contribution in [0.3, 0.4) is 0 Å². The molecule has 0 fully saturated rings. The topological polar surface area (TPSA) is 105 Å². The minimum atomic E-state index is -0.261. The first-order valence-corrected chi connectivity index (χ1v) is 4.69. The van der Waals surface area contributed by atoms with Crippen molar-refractivity contribution in [2.75, 3.05) is 13.6 Å². The van der Waals surface area contributed by atoms with Crippen molar-refractivity contribution in [2.45, 2.75) is 13.3 Å². The number of hydrogen-bond donors (Lipinski definition) is 2. The van der Waals surface area contributed by atoms with Gasteiger partial charge >= 0.3 is 0 Å². The molecular weight excluding hydrogens is 212 g/mol. The summed E-state index contributed by atoms with van der Waals surface area (Å²) >= 11 is 0. The van der Waals surface area contributed by atoms with Crippen LogP contribution in [0.5, 0.6) is 0 Å². The Morgan fingerprint density at radius 1 is 1.75 bits per heavy atom. The second-order valence-corrected chi connectivity index (χ2v) is 3.39. The highest BCUT2D eigenvalue weighted by molar-refractivity contribution is 5.92. The number of aryl methyl sites for hydroxylation is 1. The Morgan fingerprint density at radius 2 is 2.44 bits per heavy atom. The van der Waals surface area contributed by atoms with Gasteiger partial charge in [0.1, 0.15) is 11.6 Å². The fraction of sp³-hybridized carbons (Fsp3) is 0.444. The van der Waals surface area contributed by atoms with Crippen LogP contribution >= 0.6 is 0 Å². The molecule has 0 aliphatic rings. The fourth-order valence-corrected chi connectivity index (χ4v) is 1.10. The molecule has 3 N–H and O–H groups in total. The molecule has 16 heavy (non-hydrogen) atoms. The molecule has 0 saturated carbocycles. The zero-order valence-corrected chi connectivity index (χ0v) is 9.17. The predicted octanol–water partition coefficient (Wildman–Crippen LogP) is 0.192. The highest BCUT2D eigenvalue weighted by Gasteiger charge is 2.15. The van der Waals surface area contributed by atoms with Crippen molar-refractivity contribution in [3.05, 3.63) is 17.5 Å². The van der Waals surface area contributed by atoms with Gasteiger partial charge in [-0.3, -0.25) is 4.79 Å². The number of hydrogen-bond acceptors (Lipinski definition) is 5. The van der Waals surface area contributed by atoms with E-state index in [1.54, 1.807) is 20.0 Å². The van der Waals surface area contributed by atoms with Crippen molar-refractivity contribution >= 4 is 11.7 Å². The van der Waals surface area contributed by atoms with E-state index in [1.165, 1.54) is 4.90 Å². The smallest absolute Gasteiger partial charge is 0.275 e. The summed E-state index contributed by atoms with van der Waals surface area (Å²) < 4.78 is 4.80. The summed E-state index contributed by atoms with van der Waals surface area (Å²) in [5.74, 6) is 0.395. The van der Waals surface area contributed by atoms with Crippen LogP contribution in [0, 0.1) is 6.92 Å². The zero-order chi connectivity index (χ0) is 12.1. The molecular formula is C9H14N4O3. The molecule has 0 atom stereocenters. The first kappa shape index (κ1) is 12.0. The molecule has 1 heterocycles. The maximum absolute atomic E-state index is 11.7. The van der Waals surface area contributed by atoms with Crippen LogP contribution in [-0.4, -0.2) is 40.6 Å². The minimum Gasteiger partial charge on any atom is -0.409 e. The molecule has 7 nitrogen and oxygen atoms in total. The molecule has 1 aromatic rings. The molecule has 0 saturated heterocycles. The van der Waals surface area contributed by atoms with E-state index < -0.39 is 0 Å². The minimum absolute atomic E-state index is 0.0796. The lowest BCUT2D eigenvalue weighted by Gasteiger charge is -2.14. The van der Waals surface area contributed by atoms with Crippen LogP contribution in [0.25, 0.3) is 0 Å². The van der Waals surface area contributed by atoms with Crippen LogP contribution in [0.1, 0.15) is 22.7 Å². The Labute approximate surface area is 92.5 Å². The standard InChI is InChI=1S/C9H14N4O3/c1-6-5-7(12-16-6)9(14)13(2)4-3-8(10)11-15/h5,15H,3-4H2,1-2H3,(H2,10,11). The number of rotatable bonds is 4. The van der Waals surface area contributed by atoms with Crippen molar-refractivity contribution < 1.29 is 14.5 Å². The van der Waals surface area contributed by atoms with E-state index in [9.17, 15) is 4.79 Å². The van der Waals surface area contributed by atoms with E-state index in [2.05, 4.69) is 10.3 Å². The van der Waals surface area contributed by atoms with Crippen molar-refractivity contribution in [1.82, 2.24) is 10.1 Å². The van der Waals surface area contributed by atoms with Crippen LogP contribution in [-0.2, 0) is 0 Å². The molecule has 1 rings (SSSR count). The van der Waals surface area contributed by atoms with Gasteiger partial charge in [-0.2, -0.15) is 0 Å². The monoisotopic (exact) mass is 226 g/mol. The summed E-state index contributed by atoms with van der Waals surface area (Å²) in [6.45, 7) is 2.06. The fourth-order valence-electron chi connectivity index (χ4n) is 1.10. The summed E-state index contributed by atoms with van der Waals surface area (Å²) in [7, 11) is 1.61. The number of nitrogens with two attached hydrogens (primary N) is 1. The average Bonchev–Trinajstić information content (AvgIpc) is 2.71. The molecule has 1 amide bonds. The third-order valence-electron chi connectivity index (χ3n) is 2.03. The van der Waals surface area contributed by atoms with Gasteiger partial charge < -0.3 is 20.4 Å². The summed E-state index contributed by atoms with van der Waals surface area (Å²) in [4.78, 5) is 13.1. The quantitative estimate of drug-likeness (QED) is 0.330. The average molecular weight is 226 g/mol. The molecule has 0 bridgehead atoms. The van der Waals surface area contributed by atoms with Crippen molar-refractivity contribution in [3.63, 3.8) is 0 Å². The first-order chi connectivity index (χ1) is 7.54. The molecule has 1 aromatic heterocycles. The second kappa shape index (κ2) is 5.15. The molecule has 0 radical (unpaired) electrons. The molecule has 7 heteroatoms. The molecule has 0 unspecified atom stereocenters. The normalized spacial score (nSPS) is 11.5. The summed E-state index contributed by atoms with van der Waals surface area (Å²) in [6, 6.07) is 1.56. The summed E-state index contributed by atoms with van der Waals surface area (Å²) in [6.07, 6.45) is 0.301. The summed E-state index contributed by atoms with van der Waals surface area (Å²) in [5, 5.41) is 14.8. The maximum atomic E-state index is 11.7. The van der Waals surface area contributed by atoms with Gasteiger partial charge in [-0.15, -0.1) is 0 Å². The van der Waals surface area contributed by atoms with E-state index >= 15 is 0 Å². The van der Waals surface area contributed by atoms with Gasteiger partial charge in [0, 0.05) is 26.1 Å². The van der Waals surface area contributed by atoms with Gasteiger partial charge in [0.15, 0.2) is 5.69 Å². The lowest BCUT2D eigenvalue weighted by molar-refractivity contribution is 0.0788. The van der Waals surface area contributed by atoms with Crippen LogP contribution in [0.2, 0.25) is 0 Å². The van der Waals surface area contributed by atoms with E-state index in [0.717, 1.165) is 0 Å². The third-order valence-corrected chi connectivity index (χ3v) is 2.03. The van der Waals surface area contributed by atoms with Crippen molar-refractivity contribution in [3.8, 4) is 0 Å². The van der Waals surface area contributed by atoms with Gasteiger partial charge in [0.2, 0.25) is 0 Å². The Morgan fingerprint density at radius 3 is 2.94 bits per heavy atom. The van der Waals surface area contributed by atoms with Gasteiger partial charge in [-0.1, -0.05) is 10.3 Å². The van der Waals surface area contributed by atoms with E-state index in [4.69, 9.17) is 15.5 Å². The molecule has 0 aromatic carbocycles. The molecule has 0 aliphatic heterocycles. The van der Waals surface area contributed by atoms with E-state index in [0.29, 0.717) is 18.7 Å². The third kappa shape index (κ3) is 2.97. The van der Waals surface area contributed by atoms with Crippen molar-refractivity contribution in [2.24, 2.45) is 10.9 Å². The van der Waals surface area contributed by atoms with E-state index in [-0.39, 0.29) is 17.4 Å². The van der Waals surface area contributed by atoms with Gasteiger partial charge in [0.05, 0.1) is 0 Å². The highest BCUT2D eigenvalue weighted by Crippen LogP contribution is 2.04. The summed E-state index contributed by atoms with van der Waals surface area (Å²) in [5.41, 5.74) is 5.54. The van der Waals surface area contributed by atoms with Gasteiger partial charge in [-0.05, 0) is 6.92 Å². The highest BCUT2D eigenvalue weighted by atomic mass is 16.5. The molecule has 88 valence electrons. The van der Waals surface area contributed by atoms with Gasteiger partial charge in [-0.25, -0.2) is 0 Å². The number of nitrogens with zero attached hydrogens (tertiary/aromatic N) is 3. The Balaban J connectivity index is 2.54. The lowest BCUT2D eigenvalue weighted by Crippen LogP contribution is -2.30. The largest absolute Gasteiger partial charge is 0.409 e. The number of amidine groups is 1. The zero-order valence-electron chi connectivity index (χ0n) is 9.17. The maximum Gasteiger partial charge on any atom is 0.275 e. The lowest BCUT2D eigenvalue weighted by atomic mass is 10.3. The molecule has 0 spiro atoms. The van der Waals surface area contributed by atoms with Crippen LogP contribution in [0.4, 0.5) is 0 Å². The van der Waals surface area contributed by atoms with Crippen molar-refractivity contribution in [1.29, 1.82) is 0 Å². The number of oxime groups is 1. The van der Waals surface area contributed by atoms with Gasteiger partial charge in [0.25, 0.3) is 5.91 Å². The van der Waals surface area contributed by atoms with E-state index in [1.807, 2.05) is 0 Å². The first-order valence-electron chi connectivity index (χ1n) is 4.69. The number of amides is 1. The van der Waals surface area contributed by atoms with Crippen LogP contribution < -0.4 is 5.73 Å². The Kier molecular flexibility index (Phi) is 3.87. The number of carbonyl (C=O) groups is 1. The number of carbonyl (C=O) groups excluding carboxylic acids is 1. The SMILES string of the molecule is Cc1cc(C(=O)N(C)CCC(N)=NO)no1. The Hall–Kier alpha value is -2.05. The molecule has 0 aliphatic carbocycles. The Bertz CT molecular complexity index is 399. The second-order valence-electron chi connectivity index (χ2n) is 3.39. The predicted molar refractivity (Wildman–Crippen MR) is 56.2 cm³/mol. The number of aromatic nitrogens is 1.